The Morgan fingerprint density at radius 1 is 1.36 bits per heavy atom. The molecular formula is C23H30FN5O2S2. The first kappa shape index (κ1) is 24.1. The minimum Gasteiger partial charge on any atom is -0.409 e. The number of halogens is 1. The molecule has 0 aromatic heterocycles. The van der Waals surface area contributed by atoms with Crippen LogP contribution in [-0.2, 0) is 0 Å². The van der Waals surface area contributed by atoms with Crippen molar-refractivity contribution in [2.24, 2.45) is 4.99 Å². The molecule has 7 nitrogen and oxygen atoms in total. The van der Waals surface area contributed by atoms with E-state index in [1.54, 1.807) is 11.0 Å². The highest BCUT2D eigenvalue weighted by atomic mass is 32.2. The van der Waals surface area contributed by atoms with Gasteiger partial charge in [0.2, 0.25) is 0 Å². The normalized spacial score (nSPS) is 22.4. The van der Waals surface area contributed by atoms with Crippen molar-refractivity contribution in [2.45, 2.75) is 39.2 Å². The van der Waals surface area contributed by atoms with Gasteiger partial charge in [-0.2, -0.15) is 0 Å². The summed E-state index contributed by atoms with van der Waals surface area (Å²) in [6.07, 6.45) is 4.51. The number of carbonyl (C=O) groups is 1. The van der Waals surface area contributed by atoms with E-state index in [4.69, 9.17) is 17.0 Å². The third-order valence-corrected chi connectivity index (χ3v) is 7.63. The molecule has 0 bridgehead atoms. The number of carbonyl (C=O) groups excluding carboxylic acids is 1. The van der Waals surface area contributed by atoms with Crippen molar-refractivity contribution in [3.63, 3.8) is 0 Å². The van der Waals surface area contributed by atoms with Crippen LogP contribution in [0.15, 0.2) is 28.1 Å². The second-order valence-electron chi connectivity index (χ2n) is 8.24. The number of hydrogen-bond donors (Lipinski definition) is 1. The molecule has 0 radical (unpaired) electrons. The smallest absolute Gasteiger partial charge is 0.409 e. The van der Waals surface area contributed by atoms with Gasteiger partial charge in [-0.1, -0.05) is 26.1 Å². The Hall–Kier alpha value is -2.01. The zero-order valence-electron chi connectivity index (χ0n) is 19.1. The largest absolute Gasteiger partial charge is 0.415 e. The maximum Gasteiger partial charge on any atom is 0.415 e. The fourth-order valence-electron chi connectivity index (χ4n) is 4.33. The van der Waals surface area contributed by atoms with E-state index < -0.39 is 11.9 Å². The van der Waals surface area contributed by atoms with Crippen molar-refractivity contribution in [3.05, 3.63) is 34.5 Å². The Morgan fingerprint density at radius 2 is 2.18 bits per heavy atom. The van der Waals surface area contributed by atoms with Gasteiger partial charge in [0.25, 0.3) is 0 Å². The van der Waals surface area contributed by atoms with Gasteiger partial charge in [-0.15, -0.1) is 0 Å². The number of amidine groups is 1. The SMILES string of the molecule is CCN(CC)[C@@H]1CCN(C(=O)Oc2cc(F)ccc2C=C2SC(N3CCCCN3)=NC2=S)C1. The average Bonchev–Trinajstić information content (AvgIpc) is 3.45. The summed E-state index contributed by atoms with van der Waals surface area (Å²) >= 11 is 6.93. The van der Waals surface area contributed by atoms with E-state index in [1.807, 2.05) is 11.1 Å². The number of likely N-dealkylation sites (tertiary alicyclic amines) is 1. The monoisotopic (exact) mass is 491 g/mol. The summed E-state index contributed by atoms with van der Waals surface area (Å²) in [6, 6.07) is 4.53. The molecule has 1 atom stereocenters. The summed E-state index contributed by atoms with van der Waals surface area (Å²) in [7, 11) is 0. The molecule has 3 heterocycles. The molecule has 1 aromatic carbocycles. The topological polar surface area (TPSA) is 60.4 Å². The summed E-state index contributed by atoms with van der Waals surface area (Å²) in [6.45, 7) is 9.18. The Kier molecular flexibility index (Phi) is 8.00. The number of nitrogens with one attached hydrogen (secondary N) is 1. The fraction of sp³-hybridized carbons (Fsp3) is 0.522. The number of rotatable bonds is 5. The number of nitrogens with zero attached hydrogens (tertiary/aromatic N) is 4. The first-order valence-corrected chi connectivity index (χ1v) is 12.7. The van der Waals surface area contributed by atoms with Crippen molar-refractivity contribution in [2.75, 3.05) is 39.3 Å². The van der Waals surface area contributed by atoms with E-state index in [9.17, 15) is 9.18 Å². The Balaban J connectivity index is 1.46. The number of benzene rings is 1. The third kappa shape index (κ3) is 5.74. The van der Waals surface area contributed by atoms with Gasteiger partial charge in [-0.05, 0) is 62.3 Å². The third-order valence-electron chi connectivity index (χ3n) is 6.16. The predicted molar refractivity (Wildman–Crippen MR) is 135 cm³/mol. The maximum absolute atomic E-state index is 14.0. The number of ether oxygens (including phenoxy) is 1. The molecule has 0 aliphatic carbocycles. The van der Waals surface area contributed by atoms with Gasteiger partial charge in [-0.25, -0.2) is 19.6 Å². The molecule has 1 aromatic rings. The lowest BCUT2D eigenvalue weighted by Gasteiger charge is -2.28. The van der Waals surface area contributed by atoms with Crippen LogP contribution < -0.4 is 10.2 Å². The van der Waals surface area contributed by atoms with E-state index >= 15 is 0 Å². The zero-order chi connectivity index (χ0) is 23.4. The lowest BCUT2D eigenvalue weighted by Crippen LogP contribution is -2.45. The van der Waals surface area contributed by atoms with Gasteiger partial charge in [0, 0.05) is 43.9 Å². The Labute approximate surface area is 204 Å². The standard InChI is InChI=1S/C23H30FN5O2S2/c1-3-27(4-2)18-9-12-28(15-18)23(30)31-19-14-17(24)8-7-16(19)13-20-21(32)26-22(33-20)29-11-6-5-10-25-29/h7-8,13-14,18,25H,3-6,9-12,15H2,1-2H3/t18-/m1/s1. The molecule has 0 unspecified atom stereocenters. The van der Waals surface area contributed by atoms with Crippen LogP contribution in [0.5, 0.6) is 5.75 Å². The van der Waals surface area contributed by atoms with E-state index in [0.717, 1.165) is 55.5 Å². The van der Waals surface area contributed by atoms with Crippen LogP contribution in [-0.4, -0.2) is 76.4 Å². The second-order valence-corrected chi connectivity index (χ2v) is 9.63. The molecule has 3 aliphatic heterocycles. The van der Waals surface area contributed by atoms with Crippen molar-refractivity contribution in [3.8, 4) is 5.75 Å². The van der Waals surface area contributed by atoms with E-state index in [0.29, 0.717) is 29.7 Å². The average molecular weight is 492 g/mol. The summed E-state index contributed by atoms with van der Waals surface area (Å²) in [4.78, 5) is 22.7. The minimum atomic E-state index is -0.460. The van der Waals surface area contributed by atoms with Crippen LogP contribution in [0.1, 0.15) is 38.7 Å². The van der Waals surface area contributed by atoms with Crippen LogP contribution >= 0.6 is 24.0 Å². The van der Waals surface area contributed by atoms with Crippen molar-refractivity contribution in [1.29, 1.82) is 0 Å². The number of thioether (sulfide) groups is 1. The Bertz CT molecular complexity index is 960. The van der Waals surface area contributed by atoms with Gasteiger partial charge >= 0.3 is 6.09 Å². The molecule has 3 aliphatic rings. The lowest BCUT2D eigenvalue weighted by molar-refractivity contribution is 0.154. The van der Waals surface area contributed by atoms with Crippen molar-refractivity contribution >= 4 is 46.3 Å². The van der Waals surface area contributed by atoms with E-state index in [1.165, 1.54) is 23.9 Å². The fourth-order valence-corrected chi connectivity index (χ4v) is 5.57. The molecule has 2 saturated heterocycles. The molecule has 178 valence electrons. The molecule has 2 fully saturated rings. The number of likely N-dealkylation sites (N-methyl/N-ethyl adjacent to an activating group) is 1. The highest BCUT2D eigenvalue weighted by molar-refractivity contribution is 8.19. The maximum atomic E-state index is 14.0. The molecule has 33 heavy (non-hydrogen) atoms. The Morgan fingerprint density at radius 3 is 2.91 bits per heavy atom. The summed E-state index contributed by atoms with van der Waals surface area (Å²) in [5, 5.41) is 2.83. The van der Waals surface area contributed by atoms with Crippen molar-refractivity contribution in [1.82, 2.24) is 20.2 Å². The van der Waals surface area contributed by atoms with Crippen LogP contribution in [0.2, 0.25) is 0 Å². The van der Waals surface area contributed by atoms with Crippen LogP contribution in [0.3, 0.4) is 0 Å². The molecule has 0 saturated carbocycles. The molecule has 4 rings (SSSR count). The van der Waals surface area contributed by atoms with Crippen LogP contribution in [0.25, 0.3) is 6.08 Å². The summed E-state index contributed by atoms with van der Waals surface area (Å²) in [5.41, 5.74) is 3.92. The van der Waals surface area contributed by atoms with E-state index in [2.05, 4.69) is 29.2 Å². The molecule has 1 N–H and O–H groups in total. The highest BCUT2D eigenvalue weighted by Crippen LogP contribution is 2.34. The van der Waals surface area contributed by atoms with Crippen LogP contribution in [0, 0.1) is 5.82 Å². The number of hydrogen-bond acceptors (Lipinski definition) is 7. The summed E-state index contributed by atoms with van der Waals surface area (Å²) < 4.78 is 19.7. The van der Waals surface area contributed by atoms with Gasteiger partial charge in [0.1, 0.15) is 16.6 Å². The van der Waals surface area contributed by atoms with Gasteiger partial charge in [0.05, 0.1) is 4.91 Å². The molecule has 0 spiro atoms. The van der Waals surface area contributed by atoms with Gasteiger partial charge < -0.3 is 9.64 Å². The van der Waals surface area contributed by atoms with E-state index in [-0.39, 0.29) is 5.75 Å². The number of thiocarbonyl (C=S) groups is 1. The molecule has 10 heteroatoms. The molecule has 1 amide bonds. The molecular weight excluding hydrogens is 461 g/mol. The summed E-state index contributed by atoms with van der Waals surface area (Å²) in [5.74, 6) is -0.273. The quantitative estimate of drug-likeness (QED) is 0.491. The second kappa shape index (κ2) is 10.9. The lowest BCUT2D eigenvalue weighted by atomic mass is 10.2. The highest BCUT2D eigenvalue weighted by Gasteiger charge is 2.31. The predicted octanol–water partition coefficient (Wildman–Crippen LogP) is 4.11. The zero-order valence-corrected chi connectivity index (χ0v) is 20.7. The minimum absolute atomic E-state index is 0.187. The number of hydrazine groups is 1. The number of aliphatic imine (C=N–C) groups is 1. The number of amides is 1. The first-order chi connectivity index (χ1) is 16.0. The first-order valence-electron chi connectivity index (χ1n) is 11.5. The van der Waals surface area contributed by atoms with Gasteiger partial charge in [-0.3, -0.25) is 9.91 Å². The van der Waals surface area contributed by atoms with Crippen molar-refractivity contribution < 1.29 is 13.9 Å². The van der Waals surface area contributed by atoms with Gasteiger partial charge in [0.15, 0.2) is 5.17 Å². The van der Waals surface area contributed by atoms with Crippen LogP contribution in [0.4, 0.5) is 9.18 Å².